The summed E-state index contributed by atoms with van der Waals surface area (Å²) in [5.74, 6) is -0.0245. The molecule has 1 fully saturated rings. The van der Waals surface area contributed by atoms with E-state index >= 15 is 0 Å². The maximum atomic E-state index is 13.2. The molecule has 2 nitrogen and oxygen atoms in total. The fourth-order valence-electron chi connectivity index (χ4n) is 2.85. The largest absolute Gasteiger partial charge is 0.417 e. The zero-order valence-electron chi connectivity index (χ0n) is 12.8. The smallest absolute Gasteiger partial charge is 0.378 e. The molecule has 0 spiro atoms. The molecule has 1 aliphatic heterocycles. The number of ether oxygens (including phenoxy) is 1. The van der Waals surface area contributed by atoms with Crippen LogP contribution in [0.25, 0.3) is 0 Å². The first-order valence-corrected chi connectivity index (χ1v) is 9.01. The molecule has 0 bridgehead atoms. The molecule has 0 amide bonds. The monoisotopic (exact) mass is 334 g/mol. The van der Waals surface area contributed by atoms with Crippen molar-refractivity contribution in [3.63, 3.8) is 0 Å². The van der Waals surface area contributed by atoms with E-state index in [4.69, 9.17) is 4.74 Å². The van der Waals surface area contributed by atoms with E-state index in [-0.39, 0.29) is 16.9 Å². The van der Waals surface area contributed by atoms with E-state index in [1.807, 2.05) is 6.92 Å². The third-order valence-electron chi connectivity index (χ3n) is 4.08. The molecule has 1 heterocycles. The van der Waals surface area contributed by atoms with Gasteiger partial charge in [0.15, 0.2) is 0 Å². The van der Waals surface area contributed by atoms with Crippen molar-refractivity contribution in [3.8, 4) is 0 Å². The maximum Gasteiger partial charge on any atom is 0.417 e. The van der Waals surface area contributed by atoms with Crippen LogP contribution in [0.15, 0.2) is 23.1 Å². The molecule has 3 atom stereocenters. The van der Waals surface area contributed by atoms with Gasteiger partial charge in [0.1, 0.15) is 0 Å². The Morgan fingerprint density at radius 1 is 1.36 bits per heavy atom. The van der Waals surface area contributed by atoms with Crippen molar-refractivity contribution in [2.45, 2.75) is 55.7 Å². The van der Waals surface area contributed by atoms with Crippen LogP contribution in [0.4, 0.5) is 13.2 Å². The molecule has 1 aromatic rings. The van der Waals surface area contributed by atoms with E-state index in [9.17, 15) is 17.4 Å². The van der Waals surface area contributed by atoms with Crippen LogP contribution in [0, 0.1) is 0 Å². The van der Waals surface area contributed by atoms with E-state index in [0.29, 0.717) is 12.0 Å². The number of alkyl halides is 3. The van der Waals surface area contributed by atoms with Crippen LogP contribution in [0.5, 0.6) is 0 Å². The van der Waals surface area contributed by atoms with E-state index in [1.54, 1.807) is 6.07 Å². The van der Waals surface area contributed by atoms with Crippen LogP contribution in [0.1, 0.15) is 49.7 Å². The Bertz CT molecular complexity index is 537. The van der Waals surface area contributed by atoms with Crippen molar-refractivity contribution >= 4 is 10.8 Å². The topological polar surface area (TPSA) is 26.3 Å². The Kier molecular flexibility index (Phi) is 5.66. The van der Waals surface area contributed by atoms with Gasteiger partial charge in [-0.1, -0.05) is 13.0 Å². The number of halogens is 3. The van der Waals surface area contributed by atoms with Crippen molar-refractivity contribution in [2.24, 2.45) is 0 Å². The Labute approximate surface area is 131 Å². The van der Waals surface area contributed by atoms with Gasteiger partial charge in [-0.3, -0.25) is 4.21 Å². The summed E-state index contributed by atoms with van der Waals surface area (Å²) < 4.78 is 56.6. The SMILES string of the molecule is CC(CC1CCCCO1)c1ccc(S(C)=O)c(C(F)(F)F)c1. The molecule has 0 aromatic heterocycles. The van der Waals surface area contributed by atoms with E-state index in [1.165, 1.54) is 12.3 Å². The van der Waals surface area contributed by atoms with E-state index in [2.05, 4.69) is 0 Å². The van der Waals surface area contributed by atoms with E-state index < -0.39 is 22.5 Å². The number of rotatable bonds is 4. The van der Waals surface area contributed by atoms with Gasteiger partial charge in [-0.05, 0) is 49.3 Å². The Hall–Kier alpha value is -0.880. The Morgan fingerprint density at radius 2 is 2.09 bits per heavy atom. The molecule has 1 aliphatic rings. The number of hydrogen-bond acceptors (Lipinski definition) is 2. The highest BCUT2D eigenvalue weighted by atomic mass is 32.2. The van der Waals surface area contributed by atoms with Crippen LogP contribution < -0.4 is 0 Å². The lowest BCUT2D eigenvalue weighted by atomic mass is 9.91. The average molecular weight is 334 g/mol. The van der Waals surface area contributed by atoms with Gasteiger partial charge in [-0.15, -0.1) is 0 Å². The fraction of sp³-hybridized carbons (Fsp3) is 0.625. The van der Waals surface area contributed by atoms with Crippen LogP contribution in [-0.2, 0) is 21.7 Å². The number of benzene rings is 1. The van der Waals surface area contributed by atoms with Gasteiger partial charge in [-0.2, -0.15) is 13.2 Å². The minimum Gasteiger partial charge on any atom is -0.378 e. The average Bonchev–Trinajstić information content (AvgIpc) is 2.46. The quantitative estimate of drug-likeness (QED) is 0.810. The van der Waals surface area contributed by atoms with Crippen molar-refractivity contribution in [1.29, 1.82) is 0 Å². The normalized spacial score (nSPS) is 22.3. The molecule has 6 heteroatoms. The van der Waals surface area contributed by atoms with Gasteiger partial charge in [0.2, 0.25) is 0 Å². The zero-order chi connectivity index (χ0) is 16.3. The van der Waals surface area contributed by atoms with Gasteiger partial charge >= 0.3 is 6.18 Å². The molecule has 1 saturated heterocycles. The van der Waals surface area contributed by atoms with Crippen molar-refractivity contribution in [1.82, 2.24) is 0 Å². The zero-order valence-corrected chi connectivity index (χ0v) is 13.6. The van der Waals surface area contributed by atoms with Crippen molar-refractivity contribution in [2.75, 3.05) is 12.9 Å². The molecule has 124 valence electrons. The summed E-state index contributed by atoms with van der Waals surface area (Å²) in [7, 11) is -1.66. The molecular formula is C16H21F3O2S. The minimum atomic E-state index is -4.49. The summed E-state index contributed by atoms with van der Waals surface area (Å²) in [4.78, 5) is -0.155. The summed E-state index contributed by atoms with van der Waals surface area (Å²) in [5.41, 5.74) is -0.169. The Morgan fingerprint density at radius 3 is 2.64 bits per heavy atom. The fourth-order valence-corrected chi connectivity index (χ4v) is 3.59. The standard InChI is InChI=1S/C16H21F3O2S/c1-11(9-13-5-3-4-8-21-13)12-6-7-15(22(2)20)14(10-12)16(17,18)19/h6-7,10-11,13H,3-5,8-9H2,1-2H3. The van der Waals surface area contributed by atoms with Gasteiger partial charge in [0.05, 0.1) is 27.4 Å². The summed E-state index contributed by atoms with van der Waals surface area (Å²) in [6, 6.07) is 4.14. The minimum absolute atomic E-state index is 0.0245. The second-order valence-electron chi connectivity index (χ2n) is 5.83. The van der Waals surface area contributed by atoms with Crippen LogP contribution >= 0.6 is 0 Å². The molecule has 0 radical (unpaired) electrons. The molecule has 2 rings (SSSR count). The predicted octanol–water partition coefficient (Wildman–Crippen LogP) is 4.51. The molecule has 0 aliphatic carbocycles. The summed E-state index contributed by atoms with van der Waals surface area (Å²) in [6.07, 6.45) is 0.748. The second-order valence-corrected chi connectivity index (χ2v) is 7.18. The lowest BCUT2D eigenvalue weighted by molar-refractivity contribution is -0.139. The third kappa shape index (κ3) is 4.32. The highest BCUT2D eigenvalue weighted by molar-refractivity contribution is 7.84. The summed E-state index contributed by atoms with van der Waals surface area (Å²) >= 11 is 0. The predicted molar refractivity (Wildman–Crippen MR) is 80.4 cm³/mol. The third-order valence-corrected chi connectivity index (χ3v) is 5.05. The lowest BCUT2D eigenvalue weighted by Crippen LogP contribution is -2.21. The molecular weight excluding hydrogens is 313 g/mol. The molecule has 0 N–H and O–H groups in total. The lowest BCUT2D eigenvalue weighted by Gasteiger charge is -2.26. The first-order chi connectivity index (χ1) is 10.3. The first-order valence-electron chi connectivity index (χ1n) is 7.45. The molecule has 1 aromatic carbocycles. The van der Waals surface area contributed by atoms with E-state index in [0.717, 1.165) is 31.9 Å². The molecule has 0 saturated carbocycles. The highest BCUT2D eigenvalue weighted by Crippen LogP contribution is 2.36. The molecule has 22 heavy (non-hydrogen) atoms. The highest BCUT2D eigenvalue weighted by Gasteiger charge is 2.35. The van der Waals surface area contributed by atoms with Crippen LogP contribution in [-0.4, -0.2) is 23.2 Å². The first kappa shape index (κ1) is 17.5. The van der Waals surface area contributed by atoms with Crippen LogP contribution in [0.2, 0.25) is 0 Å². The number of hydrogen-bond donors (Lipinski definition) is 0. The Balaban J connectivity index is 2.22. The summed E-state index contributed by atoms with van der Waals surface area (Å²) in [5, 5.41) is 0. The van der Waals surface area contributed by atoms with Crippen LogP contribution in [0.3, 0.4) is 0 Å². The molecule has 3 unspecified atom stereocenters. The van der Waals surface area contributed by atoms with Gasteiger partial charge in [0.25, 0.3) is 0 Å². The van der Waals surface area contributed by atoms with Gasteiger partial charge in [0, 0.05) is 12.9 Å². The van der Waals surface area contributed by atoms with Gasteiger partial charge in [-0.25, -0.2) is 0 Å². The maximum absolute atomic E-state index is 13.2. The summed E-state index contributed by atoms with van der Waals surface area (Å²) in [6.45, 7) is 2.65. The second kappa shape index (κ2) is 7.13. The van der Waals surface area contributed by atoms with Crippen molar-refractivity contribution < 1.29 is 22.1 Å². The van der Waals surface area contributed by atoms with Gasteiger partial charge < -0.3 is 4.74 Å². The van der Waals surface area contributed by atoms with Crippen molar-refractivity contribution in [3.05, 3.63) is 29.3 Å².